The minimum atomic E-state index is -5.88. The second-order valence-electron chi connectivity index (χ2n) is 3.48. The Morgan fingerprint density at radius 1 is 0.889 bits per heavy atom. The van der Waals surface area contributed by atoms with Crippen LogP contribution in [0.4, 0.5) is 26.3 Å². The second-order valence-corrected chi connectivity index (χ2v) is 3.48. The van der Waals surface area contributed by atoms with Crippen molar-refractivity contribution in [1.29, 1.82) is 0 Å². The lowest BCUT2D eigenvalue weighted by atomic mass is 9.78. The Morgan fingerprint density at radius 2 is 1.28 bits per heavy atom. The second kappa shape index (κ2) is 4.18. The van der Waals surface area contributed by atoms with Crippen LogP contribution in [-0.2, 0) is 10.2 Å². The van der Waals surface area contributed by atoms with Crippen molar-refractivity contribution >= 4 is 5.91 Å². The van der Waals surface area contributed by atoms with Gasteiger partial charge in [0.25, 0.3) is 5.41 Å². The largest absolute Gasteiger partial charge is 0.416 e. The first-order valence-corrected chi connectivity index (χ1v) is 4.54. The Bertz CT molecular complexity index is 422. The van der Waals surface area contributed by atoms with Gasteiger partial charge in [0, 0.05) is 0 Å². The molecule has 2 N–H and O–H groups in total. The van der Waals surface area contributed by atoms with Crippen molar-refractivity contribution in [1.82, 2.24) is 0 Å². The van der Waals surface area contributed by atoms with Crippen LogP contribution in [0.3, 0.4) is 0 Å². The van der Waals surface area contributed by atoms with Crippen LogP contribution in [0.25, 0.3) is 0 Å². The molecule has 0 aromatic heterocycles. The molecule has 1 amide bonds. The van der Waals surface area contributed by atoms with Gasteiger partial charge in [-0.1, -0.05) is 30.3 Å². The molecule has 8 heteroatoms. The van der Waals surface area contributed by atoms with Gasteiger partial charge in [0.1, 0.15) is 0 Å². The Labute approximate surface area is 97.4 Å². The summed E-state index contributed by atoms with van der Waals surface area (Å²) in [5.74, 6) is -2.51. The van der Waals surface area contributed by atoms with E-state index in [-0.39, 0.29) is 0 Å². The minimum Gasteiger partial charge on any atom is -0.368 e. The van der Waals surface area contributed by atoms with Crippen LogP contribution in [0.15, 0.2) is 30.3 Å². The van der Waals surface area contributed by atoms with E-state index in [9.17, 15) is 31.1 Å². The van der Waals surface area contributed by atoms with E-state index in [0.717, 1.165) is 12.1 Å². The van der Waals surface area contributed by atoms with Crippen molar-refractivity contribution in [3.63, 3.8) is 0 Å². The number of alkyl halides is 6. The van der Waals surface area contributed by atoms with E-state index in [1.54, 1.807) is 0 Å². The van der Waals surface area contributed by atoms with Crippen molar-refractivity contribution < 1.29 is 31.1 Å². The molecule has 0 atom stereocenters. The first kappa shape index (κ1) is 14.3. The molecule has 0 fully saturated rings. The minimum absolute atomic E-state index is 0.561. The normalized spacial score (nSPS) is 13.4. The summed E-state index contributed by atoms with van der Waals surface area (Å²) in [7, 11) is 0. The molecule has 0 aliphatic rings. The summed E-state index contributed by atoms with van der Waals surface area (Å²) in [4.78, 5) is 10.9. The fraction of sp³-hybridized carbons (Fsp3) is 0.300. The first-order valence-electron chi connectivity index (χ1n) is 4.54. The standard InChI is InChI=1S/C10H7F6NO/c11-9(12,13)8(7(17)18,10(14,15)16)6-4-2-1-3-5-6/h1-5H,(H2,17,18). The smallest absolute Gasteiger partial charge is 0.368 e. The molecule has 0 unspecified atom stereocenters. The highest BCUT2D eigenvalue weighted by Crippen LogP contribution is 2.51. The zero-order valence-corrected chi connectivity index (χ0v) is 8.64. The predicted octanol–water partition coefficient (Wildman–Crippen LogP) is 2.53. The Morgan fingerprint density at radius 3 is 1.56 bits per heavy atom. The summed E-state index contributed by atoms with van der Waals surface area (Å²) < 4.78 is 76.7. The third-order valence-corrected chi connectivity index (χ3v) is 2.43. The fourth-order valence-electron chi connectivity index (χ4n) is 1.60. The molecule has 0 aliphatic carbocycles. The maximum Gasteiger partial charge on any atom is 0.416 e. The maximum absolute atomic E-state index is 12.8. The number of hydrogen-bond donors (Lipinski definition) is 1. The summed E-state index contributed by atoms with van der Waals surface area (Å²) >= 11 is 0. The lowest BCUT2D eigenvalue weighted by Crippen LogP contribution is -2.61. The van der Waals surface area contributed by atoms with Crippen molar-refractivity contribution in [3.8, 4) is 0 Å². The molecule has 1 aromatic carbocycles. The predicted molar refractivity (Wildman–Crippen MR) is 49.4 cm³/mol. The van der Waals surface area contributed by atoms with Crippen LogP contribution in [0.5, 0.6) is 0 Å². The third kappa shape index (κ3) is 1.91. The van der Waals surface area contributed by atoms with E-state index in [1.165, 1.54) is 6.07 Å². The fourth-order valence-corrected chi connectivity index (χ4v) is 1.60. The highest BCUT2D eigenvalue weighted by atomic mass is 19.4. The van der Waals surface area contributed by atoms with Gasteiger partial charge in [0.15, 0.2) is 0 Å². The van der Waals surface area contributed by atoms with Crippen molar-refractivity contribution in [2.24, 2.45) is 5.73 Å². The highest BCUT2D eigenvalue weighted by Gasteiger charge is 2.75. The number of carbonyl (C=O) groups excluding carboxylic acids is 1. The van der Waals surface area contributed by atoms with Gasteiger partial charge >= 0.3 is 12.4 Å². The molecule has 1 rings (SSSR count). The van der Waals surface area contributed by atoms with Crippen LogP contribution in [0.2, 0.25) is 0 Å². The zero-order valence-electron chi connectivity index (χ0n) is 8.64. The molecule has 0 heterocycles. The molecule has 2 nitrogen and oxygen atoms in total. The molecular formula is C10H7F6NO. The molecule has 0 spiro atoms. The van der Waals surface area contributed by atoms with Gasteiger partial charge in [0.2, 0.25) is 5.91 Å². The number of amides is 1. The highest BCUT2D eigenvalue weighted by molar-refractivity contribution is 5.89. The van der Waals surface area contributed by atoms with E-state index in [1.807, 2.05) is 0 Å². The summed E-state index contributed by atoms with van der Waals surface area (Å²) in [5.41, 5.74) is -1.55. The van der Waals surface area contributed by atoms with E-state index in [4.69, 9.17) is 0 Å². The summed E-state index contributed by atoms with van der Waals surface area (Å²) in [6, 6.07) is 4.27. The van der Waals surface area contributed by atoms with Gasteiger partial charge in [0.05, 0.1) is 0 Å². The van der Waals surface area contributed by atoms with Gasteiger partial charge in [-0.15, -0.1) is 0 Å². The summed E-state index contributed by atoms with van der Waals surface area (Å²) in [5, 5.41) is 0. The topological polar surface area (TPSA) is 43.1 Å². The molecule has 18 heavy (non-hydrogen) atoms. The maximum atomic E-state index is 12.8. The number of carbonyl (C=O) groups is 1. The Balaban J connectivity index is 3.67. The van der Waals surface area contributed by atoms with Crippen molar-refractivity contribution in [3.05, 3.63) is 35.9 Å². The van der Waals surface area contributed by atoms with Crippen LogP contribution in [0, 0.1) is 0 Å². The number of rotatable bonds is 2. The van der Waals surface area contributed by atoms with Gasteiger partial charge < -0.3 is 5.73 Å². The molecule has 0 saturated heterocycles. The molecule has 1 aromatic rings. The van der Waals surface area contributed by atoms with Crippen LogP contribution >= 0.6 is 0 Å². The van der Waals surface area contributed by atoms with Gasteiger partial charge in [-0.25, -0.2) is 0 Å². The van der Waals surface area contributed by atoms with Crippen molar-refractivity contribution in [2.45, 2.75) is 17.8 Å². The average Bonchev–Trinajstić information content (AvgIpc) is 2.14. The third-order valence-electron chi connectivity index (χ3n) is 2.43. The van der Waals surface area contributed by atoms with Gasteiger partial charge in [-0.05, 0) is 5.56 Å². The number of benzene rings is 1. The average molecular weight is 271 g/mol. The van der Waals surface area contributed by atoms with Crippen LogP contribution < -0.4 is 5.73 Å². The molecule has 0 bridgehead atoms. The molecule has 0 saturated carbocycles. The Hall–Kier alpha value is -1.73. The monoisotopic (exact) mass is 271 g/mol. The lowest BCUT2D eigenvalue weighted by Gasteiger charge is -2.34. The van der Waals surface area contributed by atoms with E-state index < -0.39 is 29.2 Å². The Kier molecular flexibility index (Phi) is 3.33. The van der Waals surface area contributed by atoms with Crippen LogP contribution in [0.1, 0.15) is 5.56 Å². The van der Waals surface area contributed by atoms with E-state index >= 15 is 0 Å². The van der Waals surface area contributed by atoms with E-state index in [2.05, 4.69) is 5.73 Å². The molecule has 100 valence electrons. The van der Waals surface area contributed by atoms with Crippen LogP contribution in [-0.4, -0.2) is 18.3 Å². The lowest BCUT2D eigenvalue weighted by molar-refractivity contribution is -0.290. The number of halogens is 6. The molecule has 0 radical (unpaired) electrons. The molecule has 0 aliphatic heterocycles. The first-order chi connectivity index (χ1) is 8.05. The van der Waals surface area contributed by atoms with Crippen molar-refractivity contribution in [2.75, 3.05) is 0 Å². The zero-order chi connectivity index (χ0) is 14.2. The number of nitrogens with two attached hydrogens (primary N) is 1. The quantitative estimate of drug-likeness (QED) is 0.825. The number of hydrogen-bond acceptors (Lipinski definition) is 1. The summed E-state index contributed by atoms with van der Waals surface area (Å²) in [6.07, 6.45) is -11.8. The van der Waals surface area contributed by atoms with E-state index in [0.29, 0.717) is 12.1 Å². The SMILES string of the molecule is NC(=O)C(c1ccccc1)(C(F)(F)F)C(F)(F)F. The number of primary amides is 1. The van der Waals surface area contributed by atoms with Gasteiger partial charge in [-0.3, -0.25) is 4.79 Å². The van der Waals surface area contributed by atoms with Gasteiger partial charge in [-0.2, -0.15) is 26.3 Å². The summed E-state index contributed by atoms with van der Waals surface area (Å²) in [6.45, 7) is 0. The molecular weight excluding hydrogens is 264 g/mol.